The van der Waals surface area contributed by atoms with Crippen molar-refractivity contribution in [2.24, 2.45) is 11.8 Å². The van der Waals surface area contributed by atoms with E-state index in [2.05, 4.69) is 42.8 Å². The van der Waals surface area contributed by atoms with Crippen molar-refractivity contribution in [2.45, 2.75) is 127 Å². The number of carbonyl (C=O) groups excluding carboxylic acids is 6. The molecule has 0 fully saturated rings. The number of phenols is 1. The summed E-state index contributed by atoms with van der Waals surface area (Å²) in [5.41, 5.74) is 6.07. The average Bonchev–Trinajstić information content (AvgIpc) is 3.39. The number of hydrazine groups is 1. The Morgan fingerprint density at radius 2 is 1.04 bits per heavy atom. The van der Waals surface area contributed by atoms with Gasteiger partial charge >= 0.3 is 41.9 Å². The Bertz CT molecular complexity index is 2490. The van der Waals surface area contributed by atoms with E-state index in [0.717, 1.165) is 16.4 Å². The number of benzene rings is 2. The summed E-state index contributed by atoms with van der Waals surface area (Å²) in [4.78, 5) is 148. The second-order valence-corrected chi connectivity index (χ2v) is 21.4. The molecule has 446 valence electrons. The van der Waals surface area contributed by atoms with Crippen molar-refractivity contribution in [3.8, 4) is 5.75 Å². The predicted octanol–water partition coefficient (Wildman–Crippen LogP) is 1.14. The van der Waals surface area contributed by atoms with Crippen LogP contribution in [-0.2, 0) is 70.3 Å². The second-order valence-electron chi connectivity index (χ2n) is 18.4. The van der Waals surface area contributed by atoms with Gasteiger partial charge in [0.05, 0.1) is 13.0 Å². The summed E-state index contributed by atoms with van der Waals surface area (Å²) in [6, 6.07) is 5.19. The van der Waals surface area contributed by atoms with E-state index < -0.39 is 164 Å². The molecule has 0 bridgehead atoms. The number of thiocarbonyl (C=S) groups is 1. The summed E-state index contributed by atoms with van der Waals surface area (Å²) < 4.78 is 5.11. The van der Waals surface area contributed by atoms with Gasteiger partial charge in [-0.2, -0.15) is 0 Å². The number of hydrogen-bond donors (Lipinski definition) is 15. The number of nitrogens with one attached hydrogen (secondary N) is 8. The molecule has 28 nitrogen and oxygen atoms in total. The lowest BCUT2D eigenvalue weighted by molar-refractivity contribution is -0.143. The highest BCUT2D eigenvalue weighted by atomic mass is 33.1. The van der Waals surface area contributed by atoms with Gasteiger partial charge < -0.3 is 72.4 Å². The second kappa shape index (κ2) is 37.1. The Balaban J connectivity index is 1.92. The molecule has 0 spiro atoms. The normalized spacial score (nSPS) is 13.8. The molecule has 0 unspecified atom stereocenters. The predicted molar refractivity (Wildman–Crippen MR) is 294 cm³/mol. The molecule has 0 radical (unpaired) electrons. The van der Waals surface area contributed by atoms with Crippen LogP contribution in [0.1, 0.15) is 89.2 Å². The van der Waals surface area contributed by atoms with Gasteiger partial charge in [-0.25, -0.2) is 29.4 Å². The number of rotatable bonds is 38. The number of aromatic hydroxyl groups is 1. The van der Waals surface area contributed by atoms with Gasteiger partial charge in [-0.15, -0.1) is 0 Å². The third-order valence-corrected chi connectivity index (χ3v) is 14.3. The summed E-state index contributed by atoms with van der Waals surface area (Å²) in [7, 11) is 2.38. The summed E-state index contributed by atoms with van der Waals surface area (Å²) in [5, 5.41) is 79.8. The molecule has 0 aliphatic carbocycles. The van der Waals surface area contributed by atoms with Crippen molar-refractivity contribution in [1.29, 1.82) is 0 Å². The van der Waals surface area contributed by atoms with Crippen molar-refractivity contribution in [2.75, 3.05) is 18.1 Å². The highest BCUT2D eigenvalue weighted by Gasteiger charge is 2.32. The number of carboxylic acid groups (broad SMARTS) is 6. The van der Waals surface area contributed by atoms with Crippen molar-refractivity contribution in [3.63, 3.8) is 0 Å². The van der Waals surface area contributed by atoms with Crippen molar-refractivity contribution < 1.29 is 98.0 Å². The third-order valence-electron chi connectivity index (χ3n) is 11.6. The summed E-state index contributed by atoms with van der Waals surface area (Å²) in [5.74, 6) is -13.4. The zero-order chi connectivity index (χ0) is 60.6. The van der Waals surface area contributed by atoms with Gasteiger partial charge in [-0.05, 0) is 86.3 Å². The van der Waals surface area contributed by atoms with Crippen LogP contribution in [0.5, 0.6) is 5.75 Å². The van der Waals surface area contributed by atoms with Gasteiger partial charge in [0.25, 0.3) is 0 Å². The van der Waals surface area contributed by atoms with E-state index in [9.17, 15) is 88.2 Å². The van der Waals surface area contributed by atoms with E-state index in [0.29, 0.717) is 37.0 Å². The molecule has 2 rings (SSSR count). The zero-order valence-electron chi connectivity index (χ0n) is 44.1. The van der Waals surface area contributed by atoms with E-state index in [1.807, 2.05) is 19.1 Å². The van der Waals surface area contributed by atoms with Crippen LogP contribution in [0.4, 0.5) is 4.79 Å². The molecule has 0 aliphatic rings. The molecule has 0 saturated heterocycles. The SMILES string of the molecule is C[C@@H](Cc1ccc(O)cc1)C[C@H](C)C(=O)NNC(=O)OCCCCSSC[C@H](NC(=O)[C@H](Cc1ccccc1)NC(=O)[C@H](CC(=O)O)NC(=O)CC[C@H](NC(=O)CC[C@@H](NC(=S)N[C@H](CCC(=O)O)C(=O)O)C(=O)O)C(=O)O)C(=O)O. The molecule has 0 heterocycles. The zero-order valence-corrected chi connectivity index (χ0v) is 46.5. The van der Waals surface area contributed by atoms with Crippen molar-refractivity contribution >= 4 is 110 Å². The Labute approximate surface area is 477 Å². The van der Waals surface area contributed by atoms with E-state index in [1.54, 1.807) is 49.4 Å². The molecule has 0 aliphatic heterocycles. The highest BCUT2D eigenvalue weighted by molar-refractivity contribution is 8.76. The quantitative estimate of drug-likeness (QED) is 0.0194. The number of carboxylic acids is 6. The lowest BCUT2D eigenvalue weighted by atomic mass is 9.91. The van der Waals surface area contributed by atoms with E-state index in [-0.39, 0.29) is 30.4 Å². The van der Waals surface area contributed by atoms with Gasteiger partial charge in [-0.3, -0.25) is 39.0 Å². The van der Waals surface area contributed by atoms with Crippen LogP contribution in [0.3, 0.4) is 0 Å². The van der Waals surface area contributed by atoms with Crippen molar-refractivity contribution in [1.82, 2.24) is 42.8 Å². The Morgan fingerprint density at radius 1 is 0.531 bits per heavy atom. The van der Waals surface area contributed by atoms with Crippen LogP contribution < -0.4 is 42.8 Å². The molecule has 31 heteroatoms. The minimum atomic E-state index is -1.86. The summed E-state index contributed by atoms with van der Waals surface area (Å²) >= 11 is 4.95. The monoisotopic (exact) mass is 1200 g/mol. The fourth-order valence-corrected chi connectivity index (χ4v) is 9.93. The lowest BCUT2D eigenvalue weighted by Gasteiger charge is -2.24. The van der Waals surface area contributed by atoms with Crippen molar-refractivity contribution in [3.05, 3.63) is 65.7 Å². The fourth-order valence-electron chi connectivity index (χ4n) is 7.35. The standard InChI is InChI=1S/C50H68N8O20S3/c1-27(23-30-10-12-31(59)13-11-30)22-28(2)42(66)57-58-50(77)78-20-6-7-21-80-81-26-37(48(75)76)54-43(67)35(24-29-8-4-3-5-9-29)53-44(68)36(25-41(64)65)52-39(61)17-14-32(45(69)70)51-38(60)18-15-33(46(71)72)55-49(79)56-34(47(73)74)16-19-40(62)63/h3-5,8-13,27-28,32-37,59H,6-7,14-26H2,1-2H3,(H,51,60)(H,52,61)(H,53,68)(H,54,67)(H,57,66)(H,58,77)(H,62,63)(H,64,65)(H,69,70)(H,71,72)(H,73,74)(H,75,76)(H2,55,56,79)/t27-,28+,32+,33-,34-,35+,36+,37+/m1/s1. The molecule has 6 amide bonds. The number of carbonyl (C=O) groups is 12. The molecule has 8 atom stereocenters. The van der Waals surface area contributed by atoms with E-state index in [1.165, 1.54) is 10.8 Å². The number of ether oxygens (including phenoxy) is 1. The van der Waals surface area contributed by atoms with Crippen LogP contribution in [0, 0.1) is 11.8 Å². The number of phenolic OH excluding ortho intramolecular Hbond substituents is 1. The largest absolute Gasteiger partial charge is 0.508 e. The Morgan fingerprint density at radius 3 is 1.58 bits per heavy atom. The van der Waals surface area contributed by atoms with Crippen LogP contribution in [0.25, 0.3) is 0 Å². The minimum absolute atomic E-state index is 0.00990. The molecule has 15 N–H and O–H groups in total. The Kier molecular flexibility index (Phi) is 31.7. The Hall–Kier alpha value is -7.93. The molecular formula is C50H68N8O20S3. The number of aliphatic carboxylic acids is 6. The lowest BCUT2D eigenvalue weighted by Crippen LogP contribution is -2.57. The molecule has 2 aromatic carbocycles. The van der Waals surface area contributed by atoms with Gasteiger partial charge in [0.15, 0.2) is 5.11 Å². The first kappa shape index (κ1) is 69.2. The minimum Gasteiger partial charge on any atom is -0.508 e. The van der Waals surface area contributed by atoms with Gasteiger partial charge in [0, 0.05) is 43.1 Å². The fraction of sp³-hybridized carbons (Fsp3) is 0.500. The first-order chi connectivity index (χ1) is 38.2. The van der Waals surface area contributed by atoms with Gasteiger partial charge in [0.1, 0.15) is 42.0 Å². The molecule has 81 heavy (non-hydrogen) atoms. The third kappa shape index (κ3) is 29.7. The topological polar surface area (TPSA) is 452 Å². The highest BCUT2D eigenvalue weighted by Crippen LogP contribution is 2.24. The number of amides is 6. The van der Waals surface area contributed by atoms with Crippen LogP contribution in [0.15, 0.2) is 54.6 Å². The van der Waals surface area contributed by atoms with Crippen LogP contribution in [0.2, 0.25) is 0 Å². The molecule has 2 aromatic rings. The summed E-state index contributed by atoms with van der Waals surface area (Å²) in [6.07, 6.45) is -3.38. The molecule has 0 aromatic heterocycles. The number of hydrogen-bond acceptors (Lipinski definition) is 17. The maximum atomic E-state index is 13.7. The molecular weight excluding hydrogens is 1130 g/mol. The maximum absolute atomic E-state index is 13.7. The van der Waals surface area contributed by atoms with Crippen LogP contribution in [-0.4, -0.2) is 167 Å². The van der Waals surface area contributed by atoms with E-state index in [4.69, 9.17) is 22.1 Å². The maximum Gasteiger partial charge on any atom is 0.426 e. The number of unbranched alkanes of at least 4 members (excludes halogenated alkanes) is 1. The summed E-state index contributed by atoms with van der Waals surface area (Å²) in [6.45, 7) is 3.73. The average molecular weight is 1200 g/mol. The van der Waals surface area contributed by atoms with Gasteiger partial charge in [-0.1, -0.05) is 77.9 Å². The van der Waals surface area contributed by atoms with Crippen LogP contribution >= 0.6 is 33.8 Å². The first-order valence-corrected chi connectivity index (χ1v) is 28.0. The smallest absolute Gasteiger partial charge is 0.426 e. The van der Waals surface area contributed by atoms with Gasteiger partial charge in [0.2, 0.25) is 29.5 Å². The van der Waals surface area contributed by atoms with E-state index >= 15 is 0 Å². The molecule has 0 saturated carbocycles. The first-order valence-electron chi connectivity index (χ1n) is 25.1.